The molecule has 0 aliphatic carbocycles. The minimum Gasteiger partial charge on any atom is -0.449 e. The number of rotatable bonds is 3. The molecule has 0 aromatic heterocycles. The molecule has 0 saturated carbocycles. The Kier molecular flexibility index (Phi) is 7.18. The summed E-state index contributed by atoms with van der Waals surface area (Å²) < 4.78 is 70.3. The Morgan fingerprint density at radius 3 is 2.12 bits per heavy atom. The maximum atomic E-state index is 12.6. The normalized spacial score (nSPS) is 12.1. The molecule has 1 aromatic rings. The first kappa shape index (κ1) is 18.3. The van der Waals surface area contributed by atoms with Gasteiger partial charge in [-0.15, -0.1) is 3.89 Å². The van der Waals surface area contributed by atoms with Crippen molar-refractivity contribution in [2.45, 2.75) is 11.2 Å². The number of benzene rings is 1. The monoisotopic (exact) mass is 406 g/mol. The second-order valence-electron chi connectivity index (χ2n) is 3.15. The van der Waals surface area contributed by atoms with E-state index in [1.165, 1.54) is 6.07 Å². The fourth-order valence-electron chi connectivity index (χ4n) is 1.15. The molecule has 90 valence electrons. The van der Waals surface area contributed by atoms with E-state index in [4.69, 9.17) is 0 Å². The molecule has 0 unspecified atom stereocenters. The van der Waals surface area contributed by atoms with Crippen LogP contribution in [0.25, 0.3) is 0 Å². The topological polar surface area (TPSA) is 34.1 Å². The summed E-state index contributed by atoms with van der Waals surface area (Å²) in [6, 6.07) is 2.85. The minimum atomic E-state index is -5.07. The molecule has 2 nitrogen and oxygen atoms in total. The average molecular weight is 406 g/mol. The molecule has 0 aliphatic rings. The Morgan fingerprint density at radius 2 is 1.71 bits per heavy atom. The van der Waals surface area contributed by atoms with Gasteiger partial charge in [0, 0.05) is 3.57 Å². The van der Waals surface area contributed by atoms with Crippen LogP contribution in [0.15, 0.2) is 23.1 Å². The van der Waals surface area contributed by atoms with Gasteiger partial charge in [0.2, 0.25) is 0 Å². The summed E-state index contributed by atoms with van der Waals surface area (Å²) in [7, 11) is -4.97. The minimum absolute atomic E-state index is 0. The molecule has 0 atom stereocenters. The summed E-state index contributed by atoms with van der Waals surface area (Å²) in [5, 5.41) is 0. The van der Waals surface area contributed by atoms with Crippen molar-refractivity contribution in [3.63, 3.8) is 0 Å². The molecule has 0 spiro atoms. The zero-order chi connectivity index (χ0) is 12.6. The van der Waals surface area contributed by atoms with Crippen LogP contribution in [0, 0.1) is 3.57 Å². The average Bonchev–Trinajstić information content (AvgIpc) is 1.97. The molecule has 1 aromatic carbocycles. The molecule has 0 aliphatic heterocycles. The summed E-state index contributed by atoms with van der Waals surface area (Å²) in [4.78, 5) is -0.741. The third-order valence-corrected chi connectivity index (χ3v) is 3.10. The van der Waals surface area contributed by atoms with Crippen LogP contribution < -0.4 is 51.4 Å². The van der Waals surface area contributed by atoms with Crippen LogP contribution in [0.5, 0.6) is 0 Å². The van der Waals surface area contributed by atoms with Crippen LogP contribution in [0.1, 0.15) is 5.56 Å². The number of hydrogen-bond donors (Lipinski definition) is 0. The first-order chi connectivity index (χ1) is 7.08. The Balaban J connectivity index is 0.00000256. The maximum absolute atomic E-state index is 12.6. The maximum Gasteiger partial charge on any atom is 1.00 e. The van der Waals surface area contributed by atoms with E-state index < -0.39 is 28.4 Å². The van der Waals surface area contributed by atoms with Gasteiger partial charge in [0.05, 0.1) is 4.90 Å². The molecule has 0 amide bonds. The van der Waals surface area contributed by atoms with Gasteiger partial charge in [-0.2, -0.15) is 8.42 Å². The third kappa shape index (κ3) is 6.87. The second-order valence-corrected chi connectivity index (χ2v) is 5.74. The van der Waals surface area contributed by atoms with E-state index in [1.807, 2.05) is 0 Å². The van der Waals surface area contributed by atoms with E-state index in [-0.39, 0.29) is 60.5 Å². The zero-order valence-corrected chi connectivity index (χ0v) is 14.7. The van der Waals surface area contributed by atoms with E-state index in [2.05, 4.69) is 0 Å². The fourth-order valence-corrected chi connectivity index (χ4v) is 2.65. The molecule has 10 heteroatoms. The van der Waals surface area contributed by atoms with E-state index in [0.29, 0.717) is 6.07 Å². The number of hydrogen-bond acceptors (Lipinski definition) is 2. The summed E-state index contributed by atoms with van der Waals surface area (Å²) >= 11 is 1.63. The van der Waals surface area contributed by atoms with Crippen LogP contribution in [-0.2, 0) is 16.5 Å². The quantitative estimate of drug-likeness (QED) is 0.304. The van der Waals surface area contributed by atoms with E-state index >= 15 is 0 Å². The summed E-state index contributed by atoms with van der Waals surface area (Å²) in [5.74, 6) is 0. The predicted octanol–water partition coefficient (Wildman–Crippen LogP) is -0.117. The molecule has 0 heterocycles. The van der Waals surface area contributed by atoms with Crippen molar-refractivity contribution in [2.75, 3.05) is 0 Å². The van der Waals surface area contributed by atoms with Gasteiger partial charge in [0.25, 0.3) is 0 Å². The SMILES string of the molecule is O=S(=O)(F)c1cc(I)cc(C[B-](F)(F)F)c1.[K+]. The van der Waals surface area contributed by atoms with Gasteiger partial charge in [0.15, 0.2) is 0 Å². The molecule has 0 N–H and O–H groups in total. The number of halogens is 5. The second kappa shape index (κ2) is 6.66. The molecule has 0 radical (unpaired) electrons. The van der Waals surface area contributed by atoms with Crippen LogP contribution in [0.4, 0.5) is 16.8 Å². The molecular formula is C7H5BF4IKO2S. The van der Waals surface area contributed by atoms with Gasteiger partial charge < -0.3 is 12.9 Å². The van der Waals surface area contributed by atoms with Crippen LogP contribution in [-0.4, -0.2) is 15.4 Å². The van der Waals surface area contributed by atoms with Gasteiger partial charge >= 0.3 is 68.6 Å². The molecule has 0 bridgehead atoms. The van der Waals surface area contributed by atoms with Crippen molar-refractivity contribution >= 4 is 39.8 Å². The van der Waals surface area contributed by atoms with E-state index in [0.717, 1.165) is 6.07 Å². The smallest absolute Gasteiger partial charge is 0.449 e. The first-order valence-electron chi connectivity index (χ1n) is 4.03. The third-order valence-electron chi connectivity index (χ3n) is 1.68. The van der Waals surface area contributed by atoms with Crippen molar-refractivity contribution in [1.29, 1.82) is 0 Å². The van der Waals surface area contributed by atoms with Crippen LogP contribution in [0.2, 0.25) is 0 Å². The van der Waals surface area contributed by atoms with Crippen LogP contribution >= 0.6 is 22.6 Å². The van der Waals surface area contributed by atoms with Crippen molar-refractivity contribution in [3.8, 4) is 0 Å². The molecule has 1 rings (SSSR count). The summed E-state index contributed by atoms with van der Waals surface area (Å²) in [6.07, 6.45) is -1.22. The van der Waals surface area contributed by atoms with Crippen LogP contribution in [0.3, 0.4) is 0 Å². The van der Waals surface area contributed by atoms with Gasteiger partial charge in [-0.1, -0.05) is 11.9 Å². The fraction of sp³-hybridized carbons (Fsp3) is 0.143. The van der Waals surface area contributed by atoms with Crippen molar-refractivity contribution in [2.24, 2.45) is 0 Å². The van der Waals surface area contributed by atoms with E-state index in [1.54, 1.807) is 22.6 Å². The zero-order valence-electron chi connectivity index (χ0n) is 8.63. The van der Waals surface area contributed by atoms with Crippen molar-refractivity contribution < 1.29 is 76.6 Å². The molecule has 17 heavy (non-hydrogen) atoms. The van der Waals surface area contributed by atoms with Gasteiger partial charge in [0.1, 0.15) is 0 Å². The predicted molar refractivity (Wildman–Crippen MR) is 60.2 cm³/mol. The van der Waals surface area contributed by atoms with Gasteiger partial charge in [-0.05, 0) is 40.8 Å². The summed E-state index contributed by atoms with van der Waals surface area (Å²) in [5.41, 5.74) is -0.254. The van der Waals surface area contributed by atoms with E-state index in [9.17, 15) is 25.3 Å². The first-order valence-corrected chi connectivity index (χ1v) is 6.49. The summed E-state index contributed by atoms with van der Waals surface area (Å²) in [6.45, 7) is -5.07. The Morgan fingerprint density at radius 1 is 1.18 bits per heavy atom. The van der Waals surface area contributed by atoms with Gasteiger partial charge in [-0.25, -0.2) is 0 Å². The largest absolute Gasteiger partial charge is 1.00 e. The standard InChI is InChI=1S/C7H5BF4IO2S.K/c9-8(10,11)4-5-1-6(13)3-7(2-5)16(12,14)15;/h1-3H,4H2;/q-1;+1. The molecule has 0 saturated heterocycles. The molecular weight excluding hydrogens is 401 g/mol. The van der Waals surface area contributed by atoms with Gasteiger partial charge in [-0.3, -0.25) is 0 Å². The Hall–Kier alpha value is 1.32. The Labute approximate surface area is 152 Å². The molecule has 0 fully saturated rings. The Bertz CT molecular complexity index is 505. The van der Waals surface area contributed by atoms with Crippen molar-refractivity contribution in [3.05, 3.63) is 27.3 Å². The van der Waals surface area contributed by atoms with Crippen molar-refractivity contribution in [1.82, 2.24) is 0 Å².